The maximum atomic E-state index is 12.6. The van der Waals surface area contributed by atoms with E-state index in [9.17, 15) is 4.79 Å². The summed E-state index contributed by atoms with van der Waals surface area (Å²) < 4.78 is 2.14. The summed E-state index contributed by atoms with van der Waals surface area (Å²) in [4.78, 5) is 15.9. The molecule has 2 unspecified atom stereocenters. The van der Waals surface area contributed by atoms with Crippen LogP contribution in [0.25, 0.3) is 0 Å². The van der Waals surface area contributed by atoms with Crippen molar-refractivity contribution in [2.45, 2.75) is 18.6 Å². The Morgan fingerprint density at radius 2 is 2.16 bits per heavy atom. The van der Waals surface area contributed by atoms with E-state index in [1.807, 2.05) is 29.3 Å². The molecule has 1 fully saturated rings. The summed E-state index contributed by atoms with van der Waals surface area (Å²) in [6, 6.07) is 8.69. The normalized spacial score (nSPS) is 25.5. The highest BCUT2D eigenvalue weighted by Crippen LogP contribution is 2.31. The van der Waals surface area contributed by atoms with Gasteiger partial charge in [-0.25, -0.2) is 0 Å². The fraction of sp³-hybridized carbons (Fsp3) is 0.357. The molecule has 4 rings (SSSR count). The van der Waals surface area contributed by atoms with Gasteiger partial charge in [-0.15, -0.1) is 11.3 Å². The van der Waals surface area contributed by atoms with E-state index in [0.717, 1.165) is 25.3 Å². The van der Waals surface area contributed by atoms with Crippen LogP contribution in [0.4, 0.5) is 0 Å². The van der Waals surface area contributed by atoms with Crippen molar-refractivity contribution in [3.63, 3.8) is 0 Å². The lowest BCUT2D eigenvalue weighted by Gasteiger charge is -2.38. The quantitative estimate of drug-likeness (QED) is 0.904. The van der Waals surface area contributed by atoms with Crippen molar-refractivity contribution >= 4 is 17.2 Å². The summed E-state index contributed by atoms with van der Waals surface area (Å²) in [5, 5.41) is 5.48. The van der Waals surface area contributed by atoms with Crippen LogP contribution in [0.15, 0.2) is 35.8 Å². The molecule has 2 aliphatic rings. The molecule has 0 aliphatic carbocycles. The third-order valence-electron chi connectivity index (χ3n) is 4.07. The van der Waals surface area contributed by atoms with Crippen molar-refractivity contribution in [2.75, 3.05) is 13.1 Å². The van der Waals surface area contributed by atoms with Gasteiger partial charge in [0.25, 0.3) is 5.91 Å². The maximum absolute atomic E-state index is 12.6. The molecule has 98 valence electrons. The fourth-order valence-corrected chi connectivity index (χ4v) is 3.88. The van der Waals surface area contributed by atoms with Crippen molar-refractivity contribution in [1.29, 1.82) is 0 Å². The highest BCUT2D eigenvalue weighted by atomic mass is 32.1. The van der Waals surface area contributed by atoms with Crippen LogP contribution < -0.4 is 5.32 Å². The minimum Gasteiger partial charge on any atom is -0.337 e. The molecule has 4 heterocycles. The molecular weight excluding hydrogens is 258 g/mol. The number of aromatic nitrogens is 1. The summed E-state index contributed by atoms with van der Waals surface area (Å²) >= 11 is 1.72. The van der Waals surface area contributed by atoms with Crippen molar-refractivity contribution in [3.8, 4) is 0 Å². The minimum atomic E-state index is 0.156. The zero-order chi connectivity index (χ0) is 12.8. The van der Waals surface area contributed by atoms with Gasteiger partial charge < -0.3 is 14.8 Å². The molecule has 0 aromatic carbocycles. The maximum Gasteiger partial charge on any atom is 0.271 e. The van der Waals surface area contributed by atoms with E-state index >= 15 is 0 Å². The van der Waals surface area contributed by atoms with Crippen LogP contribution in [0.3, 0.4) is 0 Å². The van der Waals surface area contributed by atoms with Gasteiger partial charge in [0.05, 0.1) is 18.6 Å². The average Bonchev–Trinajstić information content (AvgIpc) is 3.12. The van der Waals surface area contributed by atoms with Crippen LogP contribution in [-0.4, -0.2) is 34.5 Å². The van der Waals surface area contributed by atoms with Crippen LogP contribution in [-0.2, 0) is 6.54 Å². The van der Waals surface area contributed by atoms with E-state index in [-0.39, 0.29) is 11.9 Å². The SMILES string of the molecule is O=C1c2cccn2C2CNCC2N1Cc1cccs1. The predicted octanol–water partition coefficient (Wildman–Crippen LogP) is 1.72. The van der Waals surface area contributed by atoms with Crippen LogP contribution in [0.5, 0.6) is 0 Å². The second-order valence-electron chi connectivity index (χ2n) is 5.11. The lowest BCUT2D eigenvalue weighted by molar-refractivity contribution is 0.0564. The molecule has 1 N–H and O–H groups in total. The van der Waals surface area contributed by atoms with Crippen LogP contribution >= 0.6 is 11.3 Å². The summed E-state index contributed by atoms with van der Waals surface area (Å²) in [5.41, 5.74) is 0.821. The van der Waals surface area contributed by atoms with Crippen LogP contribution in [0.1, 0.15) is 21.4 Å². The highest BCUT2D eigenvalue weighted by Gasteiger charge is 2.41. The molecule has 5 heteroatoms. The fourth-order valence-electron chi connectivity index (χ4n) is 3.17. The van der Waals surface area contributed by atoms with Crippen molar-refractivity contribution in [2.24, 2.45) is 0 Å². The van der Waals surface area contributed by atoms with Gasteiger partial charge in [0.1, 0.15) is 5.69 Å². The molecule has 2 aromatic rings. The van der Waals surface area contributed by atoms with E-state index in [4.69, 9.17) is 0 Å². The third-order valence-corrected chi connectivity index (χ3v) is 4.94. The van der Waals surface area contributed by atoms with Gasteiger partial charge in [-0.3, -0.25) is 4.79 Å². The van der Waals surface area contributed by atoms with Crippen molar-refractivity contribution < 1.29 is 4.79 Å². The summed E-state index contributed by atoms with van der Waals surface area (Å²) in [5.74, 6) is 0.156. The zero-order valence-electron chi connectivity index (χ0n) is 10.5. The molecule has 0 bridgehead atoms. The van der Waals surface area contributed by atoms with Crippen LogP contribution in [0.2, 0.25) is 0 Å². The highest BCUT2D eigenvalue weighted by molar-refractivity contribution is 7.09. The minimum absolute atomic E-state index is 0.156. The topological polar surface area (TPSA) is 37.3 Å². The molecule has 19 heavy (non-hydrogen) atoms. The largest absolute Gasteiger partial charge is 0.337 e. The van der Waals surface area contributed by atoms with Crippen LogP contribution in [0, 0.1) is 0 Å². The Morgan fingerprint density at radius 3 is 3.00 bits per heavy atom. The summed E-state index contributed by atoms with van der Waals surface area (Å²) in [7, 11) is 0. The number of hydrogen-bond donors (Lipinski definition) is 1. The average molecular weight is 273 g/mol. The first kappa shape index (κ1) is 11.3. The smallest absolute Gasteiger partial charge is 0.271 e. The van der Waals surface area contributed by atoms with Gasteiger partial charge >= 0.3 is 0 Å². The molecule has 2 aromatic heterocycles. The second-order valence-corrected chi connectivity index (χ2v) is 6.14. The molecule has 0 spiro atoms. The number of hydrogen-bond acceptors (Lipinski definition) is 3. The monoisotopic (exact) mass is 273 g/mol. The molecule has 0 saturated carbocycles. The number of nitrogens with one attached hydrogen (secondary N) is 1. The Hall–Kier alpha value is -1.59. The molecule has 2 atom stereocenters. The van der Waals surface area contributed by atoms with Gasteiger partial charge in [-0.2, -0.15) is 0 Å². The molecule has 2 aliphatic heterocycles. The first-order valence-corrected chi connectivity index (χ1v) is 7.43. The third kappa shape index (κ3) is 1.65. The van der Waals surface area contributed by atoms with Gasteiger partial charge in [-0.1, -0.05) is 6.07 Å². The molecule has 0 radical (unpaired) electrons. The van der Waals surface area contributed by atoms with E-state index in [0.29, 0.717) is 6.04 Å². The number of carbonyl (C=O) groups is 1. The number of amides is 1. The van der Waals surface area contributed by atoms with Gasteiger partial charge in [0.15, 0.2) is 0 Å². The first-order chi connectivity index (χ1) is 9.34. The standard InChI is InChI=1S/C14H15N3OS/c18-14-11-4-1-5-16(11)12-7-15-8-13(12)17(14)9-10-3-2-6-19-10/h1-6,12-13,15H,7-9H2. The predicted molar refractivity (Wildman–Crippen MR) is 74.3 cm³/mol. The number of thiophene rings is 1. The number of fused-ring (bicyclic) bond motifs is 3. The van der Waals surface area contributed by atoms with E-state index in [1.54, 1.807) is 11.3 Å². The van der Waals surface area contributed by atoms with E-state index < -0.39 is 0 Å². The molecule has 1 saturated heterocycles. The Labute approximate surface area is 115 Å². The molecular formula is C14H15N3OS. The van der Waals surface area contributed by atoms with E-state index in [2.05, 4.69) is 21.3 Å². The van der Waals surface area contributed by atoms with E-state index in [1.165, 1.54) is 4.88 Å². The Balaban J connectivity index is 1.73. The Bertz CT molecular complexity index is 604. The first-order valence-electron chi connectivity index (χ1n) is 6.55. The molecule has 4 nitrogen and oxygen atoms in total. The summed E-state index contributed by atoms with van der Waals surface area (Å²) in [6.07, 6.45) is 2.03. The van der Waals surface area contributed by atoms with Crippen molar-refractivity contribution in [1.82, 2.24) is 14.8 Å². The van der Waals surface area contributed by atoms with Gasteiger partial charge in [0.2, 0.25) is 0 Å². The van der Waals surface area contributed by atoms with Gasteiger partial charge in [0, 0.05) is 24.2 Å². The molecule has 1 amide bonds. The number of nitrogens with zero attached hydrogens (tertiary/aromatic N) is 2. The Morgan fingerprint density at radius 1 is 1.26 bits per heavy atom. The summed E-state index contributed by atoms with van der Waals surface area (Å²) in [6.45, 7) is 2.56. The van der Waals surface area contributed by atoms with Crippen molar-refractivity contribution in [3.05, 3.63) is 46.4 Å². The Kier molecular flexibility index (Phi) is 2.50. The zero-order valence-corrected chi connectivity index (χ0v) is 11.3. The second kappa shape index (κ2) is 4.21. The lowest BCUT2D eigenvalue weighted by Crippen LogP contribution is -2.49. The lowest BCUT2D eigenvalue weighted by atomic mass is 10.1. The van der Waals surface area contributed by atoms with Gasteiger partial charge in [-0.05, 0) is 23.6 Å². The number of carbonyl (C=O) groups excluding carboxylic acids is 1. The number of rotatable bonds is 2.